The van der Waals surface area contributed by atoms with Crippen LogP contribution in [0.3, 0.4) is 0 Å². The van der Waals surface area contributed by atoms with Crippen LogP contribution in [0.1, 0.15) is 59.9 Å². The molecule has 2 aromatic carbocycles. The average molecular weight is 655 g/mol. The van der Waals surface area contributed by atoms with Crippen molar-refractivity contribution in [3.8, 4) is 17.2 Å². The van der Waals surface area contributed by atoms with Crippen molar-refractivity contribution in [1.82, 2.24) is 9.47 Å². The summed E-state index contributed by atoms with van der Waals surface area (Å²) in [6, 6.07) is 18.8. The van der Waals surface area contributed by atoms with Crippen molar-refractivity contribution in [3.05, 3.63) is 116 Å². The maximum absolute atomic E-state index is 13.1. The van der Waals surface area contributed by atoms with E-state index in [1.54, 1.807) is 54.6 Å². The van der Waals surface area contributed by atoms with Crippen LogP contribution >= 0.6 is 0 Å². The normalized spacial score (nSPS) is 17.6. The third-order valence-corrected chi connectivity index (χ3v) is 8.93. The number of carbonyl (C=O) groups excluding carboxylic acids is 2. The lowest BCUT2D eigenvalue weighted by molar-refractivity contribution is -0.118. The minimum Gasteiger partial charge on any atom is -0.502 e. The predicted molar refractivity (Wildman–Crippen MR) is 177 cm³/mol. The number of nitrogens with two attached hydrogens (primary N) is 1. The molecule has 4 aromatic rings. The van der Waals surface area contributed by atoms with Crippen molar-refractivity contribution in [3.63, 3.8) is 0 Å². The fourth-order valence-corrected chi connectivity index (χ4v) is 6.90. The second-order valence-electron chi connectivity index (χ2n) is 12.5. The molecule has 1 saturated heterocycles. The van der Waals surface area contributed by atoms with Gasteiger partial charge in [-0.3, -0.25) is 24.1 Å². The van der Waals surface area contributed by atoms with E-state index in [1.807, 2.05) is 10.6 Å². The Bertz CT molecular complexity index is 1950. The number of fused-ring (bicyclic) bond motifs is 4. The molecule has 0 saturated carbocycles. The fourth-order valence-electron chi connectivity index (χ4n) is 6.90. The van der Waals surface area contributed by atoms with Crippen molar-refractivity contribution < 1.29 is 28.6 Å². The summed E-state index contributed by atoms with van der Waals surface area (Å²) >= 11 is 0. The molecule has 2 aliphatic rings. The molecule has 2 amide bonds. The number of piperidine rings is 1. The zero-order valence-corrected chi connectivity index (χ0v) is 26.8. The van der Waals surface area contributed by atoms with Gasteiger partial charge in [-0.25, -0.2) is 0 Å². The fraction of sp³-hybridized carbons (Fsp3) is 0.333. The number of primary amides is 1. The third kappa shape index (κ3) is 7.13. The lowest BCUT2D eigenvalue weighted by Crippen LogP contribution is -2.46. The first-order valence-electron chi connectivity index (χ1n) is 15.8. The SMILES string of the molecule is COc1ccc([C@@H](CC(N)=O)c2oc(CN3C[C@H]4C[C@@H](C3)c3cccc(=O)n3C4)cc(=O)c2O)cc1COc1ccc(NC(C)=O)cc1. The number of benzene rings is 2. The summed E-state index contributed by atoms with van der Waals surface area (Å²) in [5, 5.41) is 13.7. The molecule has 2 bridgehead atoms. The van der Waals surface area contributed by atoms with Crippen LogP contribution in [0.4, 0.5) is 5.69 Å². The Kier molecular flexibility index (Phi) is 9.35. The van der Waals surface area contributed by atoms with Crippen LogP contribution in [-0.4, -0.2) is 46.6 Å². The summed E-state index contributed by atoms with van der Waals surface area (Å²) in [7, 11) is 1.53. The van der Waals surface area contributed by atoms with Crippen LogP contribution in [0.25, 0.3) is 0 Å². The number of nitrogens with zero attached hydrogens (tertiary/aromatic N) is 2. The van der Waals surface area contributed by atoms with Crippen molar-refractivity contribution in [1.29, 1.82) is 0 Å². The molecule has 1 fully saturated rings. The van der Waals surface area contributed by atoms with E-state index in [4.69, 9.17) is 19.6 Å². The van der Waals surface area contributed by atoms with Gasteiger partial charge < -0.3 is 34.6 Å². The summed E-state index contributed by atoms with van der Waals surface area (Å²) in [5.41, 5.74) is 7.93. The van der Waals surface area contributed by atoms with Gasteiger partial charge in [0.05, 0.1) is 19.6 Å². The summed E-state index contributed by atoms with van der Waals surface area (Å²) in [6.45, 7) is 3.89. The van der Waals surface area contributed by atoms with Crippen LogP contribution in [0, 0.1) is 5.92 Å². The highest BCUT2D eigenvalue weighted by atomic mass is 16.5. The monoisotopic (exact) mass is 654 g/mol. The minimum atomic E-state index is -0.865. The number of aromatic hydroxyl groups is 1. The summed E-state index contributed by atoms with van der Waals surface area (Å²) in [4.78, 5) is 51.4. The van der Waals surface area contributed by atoms with Crippen molar-refractivity contribution in [2.75, 3.05) is 25.5 Å². The van der Waals surface area contributed by atoms with Gasteiger partial charge in [0.1, 0.15) is 23.9 Å². The van der Waals surface area contributed by atoms with Gasteiger partial charge in [0, 0.05) is 68.0 Å². The van der Waals surface area contributed by atoms with Gasteiger partial charge in [-0.15, -0.1) is 0 Å². The van der Waals surface area contributed by atoms with Gasteiger partial charge in [-0.05, 0) is 60.4 Å². The average Bonchev–Trinajstić information content (AvgIpc) is 3.05. The Hall–Kier alpha value is -5.36. The second-order valence-corrected chi connectivity index (χ2v) is 12.5. The number of hydrogen-bond acceptors (Lipinski definition) is 9. The molecule has 2 aromatic heterocycles. The second kappa shape index (κ2) is 13.8. The quantitative estimate of drug-likeness (QED) is 0.219. The van der Waals surface area contributed by atoms with Crippen molar-refractivity contribution in [2.24, 2.45) is 11.7 Å². The molecule has 250 valence electrons. The van der Waals surface area contributed by atoms with Crippen LogP contribution in [0.5, 0.6) is 17.2 Å². The zero-order valence-electron chi connectivity index (χ0n) is 26.8. The van der Waals surface area contributed by atoms with E-state index in [0.717, 1.165) is 18.7 Å². The number of rotatable bonds is 11. The Morgan fingerprint density at radius 1 is 1.06 bits per heavy atom. The van der Waals surface area contributed by atoms with Crippen molar-refractivity contribution >= 4 is 17.5 Å². The van der Waals surface area contributed by atoms with Gasteiger partial charge in [-0.1, -0.05) is 12.1 Å². The Morgan fingerprint density at radius 2 is 1.85 bits per heavy atom. The number of carbonyl (C=O) groups is 2. The molecule has 6 rings (SSSR count). The molecule has 0 spiro atoms. The molecule has 4 N–H and O–H groups in total. The third-order valence-electron chi connectivity index (χ3n) is 8.93. The largest absolute Gasteiger partial charge is 0.502 e. The molecule has 48 heavy (non-hydrogen) atoms. The van der Waals surface area contributed by atoms with Gasteiger partial charge in [0.25, 0.3) is 5.56 Å². The smallest absolute Gasteiger partial charge is 0.250 e. The molecule has 12 nitrogen and oxygen atoms in total. The van der Waals surface area contributed by atoms with E-state index in [0.29, 0.717) is 53.7 Å². The van der Waals surface area contributed by atoms with Gasteiger partial charge >= 0.3 is 0 Å². The number of anilines is 1. The van der Waals surface area contributed by atoms with E-state index in [2.05, 4.69) is 10.2 Å². The van der Waals surface area contributed by atoms with E-state index >= 15 is 0 Å². The molecule has 0 radical (unpaired) electrons. The van der Waals surface area contributed by atoms with Gasteiger partial charge in [0.15, 0.2) is 5.76 Å². The van der Waals surface area contributed by atoms with E-state index in [9.17, 15) is 24.3 Å². The first-order chi connectivity index (χ1) is 23.1. The van der Waals surface area contributed by atoms with Crippen LogP contribution < -0.4 is 31.5 Å². The molecule has 0 aliphatic carbocycles. The number of amides is 2. The number of nitrogens with one attached hydrogen (secondary N) is 1. The maximum Gasteiger partial charge on any atom is 0.250 e. The maximum atomic E-state index is 13.1. The molecule has 3 atom stereocenters. The highest BCUT2D eigenvalue weighted by molar-refractivity contribution is 5.88. The standard InChI is InChI=1S/C36H38N4O8/c1-21(41)38-26-7-9-27(10-8-26)47-20-25-13-23(6-11-32(25)46-2)29(15-33(37)43)36-35(45)31(42)14-28(48-36)19-39-16-22-12-24(18-39)30-4-3-5-34(44)40(30)17-22/h3-11,13-14,22,24,29,45H,12,15-20H2,1-2H3,(H2,37,43)(H,38,41)/t22-,24+,29-/m1/s1. The molecular formula is C36H38N4O8. The molecule has 0 unspecified atom stereocenters. The van der Waals surface area contributed by atoms with Crippen LogP contribution in [0.2, 0.25) is 0 Å². The Labute approximate surface area is 276 Å². The number of hydrogen-bond donors (Lipinski definition) is 3. The Balaban J connectivity index is 1.26. The number of methoxy groups -OCH3 is 1. The minimum absolute atomic E-state index is 0.0101. The van der Waals surface area contributed by atoms with E-state index < -0.39 is 23.0 Å². The molecule has 4 heterocycles. The highest BCUT2D eigenvalue weighted by Crippen LogP contribution is 2.38. The predicted octanol–water partition coefficient (Wildman–Crippen LogP) is 3.68. The first-order valence-corrected chi connectivity index (χ1v) is 15.8. The topological polar surface area (TPSA) is 166 Å². The number of likely N-dealkylation sites (tertiary alicyclic amines) is 1. The summed E-state index contributed by atoms with van der Waals surface area (Å²) < 4.78 is 19.6. The number of aromatic nitrogens is 1. The number of pyridine rings is 1. The van der Waals surface area contributed by atoms with Crippen LogP contribution in [0.15, 0.2) is 80.7 Å². The van der Waals surface area contributed by atoms with E-state index in [-0.39, 0.29) is 42.1 Å². The molecule has 12 heteroatoms. The highest BCUT2D eigenvalue weighted by Gasteiger charge is 2.35. The zero-order chi connectivity index (χ0) is 33.9. The van der Waals surface area contributed by atoms with Gasteiger partial charge in [-0.2, -0.15) is 0 Å². The molecule has 2 aliphatic heterocycles. The summed E-state index contributed by atoms with van der Waals surface area (Å²) in [5.74, 6) is -0.421. The van der Waals surface area contributed by atoms with E-state index in [1.165, 1.54) is 20.1 Å². The number of ether oxygens (including phenoxy) is 2. The Morgan fingerprint density at radius 3 is 2.58 bits per heavy atom. The van der Waals surface area contributed by atoms with Gasteiger partial charge in [0.2, 0.25) is 23.0 Å². The molecular weight excluding hydrogens is 616 g/mol. The summed E-state index contributed by atoms with van der Waals surface area (Å²) in [6.07, 6.45) is 0.758. The van der Waals surface area contributed by atoms with Crippen molar-refractivity contribution in [2.45, 2.75) is 51.3 Å². The first kappa shape index (κ1) is 32.6. The van der Waals surface area contributed by atoms with Crippen LogP contribution in [-0.2, 0) is 29.3 Å². The lowest BCUT2D eigenvalue weighted by Gasteiger charge is -2.42. The lowest BCUT2D eigenvalue weighted by atomic mass is 9.83.